The number of nitrogens with one attached hydrogen (secondary N) is 1. The molecule has 162 valence electrons. The van der Waals surface area contributed by atoms with Crippen LogP contribution in [0.1, 0.15) is 40.3 Å². The molecule has 2 aromatic rings. The number of ether oxygens (including phenoxy) is 2. The van der Waals surface area contributed by atoms with Gasteiger partial charge in [-0.1, -0.05) is 0 Å². The fourth-order valence-electron chi connectivity index (χ4n) is 2.68. The van der Waals surface area contributed by atoms with Crippen molar-refractivity contribution in [2.24, 2.45) is 0 Å². The Morgan fingerprint density at radius 3 is 2.53 bits per heavy atom. The molecule has 2 heterocycles. The third-order valence-electron chi connectivity index (χ3n) is 3.88. The van der Waals surface area contributed by atoms with E-state index in [4.69, 9.17) is 4.74 Å². The van der Waals surface area contributed by atoms with Gasteiger partial charge in [0.2, 0.25) is 5.88 Å². The molecular weight excluding hydrogens is 403 g/mol. The lowest BCUT2D eigenvalue weighted by molar-refractivity contribution is -0.154. The van der Waals surface area contributed by atoms with Crippen molar-refractivity contribution in [1.82, 2.24) is 15.3 Å². The maximum Gasteiger partial charge on any atom is 0.422 e. The number of aromatic nitrogens is 2. The number of ketones is 1. The van der Waals surface area contributed by atoms with E-state index in [1.807, 2.05) is 0 Å². The van der Waals surface area contributed by atoms with Crippen molar-refractivity contribution >= 4 is 11.7 Å². The summed E-state index contributed by atoms with van der Waals surface area (Å²) in [5, 5.41) is 2.80. The van der Waals surface area contributed by atoms with Crippen molar-refractivity contribution in [3.8, 4) is 5.88 Å². The molecule has 30 heavy (non-hydrogen) atoms. The molecule has 0 saturated heterocycles. The SMILES string of the molecule is COCC(NC(=O)c1cc(C)nc(CC(C)=O)c1)c1ccc(OCC(F)(F)F)nc1. The number of carbonyl (C=O) groups is 2. The summed E-state index contributed by atoms with van der Waals surface area (Å²) in [6, 6.07) is 5.32. The number of nitrogens with zero attached hydrogens (tertiary/aromatic N) is 2. The van der Waals surface area contributed by atoms with Crippen molar-refractivity contribution in [2.75, 3.05) is 20.3 Å². The zero-order valence-electron chi connectivity index (χ0n) is 16.7. The molecule has 0 fully saturated rings. The Labute approximate surface area is 171 Å². The molecule has 1 atom stereocenters. The maximum absolute atomic E-state index is 12.7. The van der Waals surface area contributed by atoms with E-state index in [0.717, 1.165) is 0 Å². The van der Waals surface area contributed by atoms with Crippen LogP contribution in [0.5, 0.6) is 5.88 Å². The van der Waals surface area contributed by atoms with Crippen molar-refractivity contribution in [1.29, 1.82) is 0 Å². The number of hydrogen-bond donors (Lipinski definition) is 1. The molecule has 10 heteroatoms. The number of hydrogen-bond acceptors (Lipinski definition) is 6. The number of methoxy groups -OCH3 is 1. The lowest BCUT2D eigenvalue weighted by Crippen LogP contribution is -2.31. The molecular formula is C20H22F3N3O4. The molecule has 1 unspecified atom stereocenters. The minimum atomic E-state index is -4.46. The zero-order chi connectivity index (χ0) is 22.3. The monoisotopic (exact) mass is 425 g/mol. The van der Waals surface area contributed by atoms with Crippen molar-refractivity contribution in [3.05, 3.63) is 53.0 Å². The Morgan fingerprint density at radius 2 is 1.97 bits per heavy atom. The van der Waals surface area contributed by atoms with E-state index in [2.05, 4.69) is 20.0 Å². The Hall–Kier alpha value is -3.01. The van der Waals surface area contributed by atoms with Gasteiger partial charge in [-0.25, -0.2) is 4.98 Å². The first-order valence-electron chi connectivity index (χ1n) is 8.99. The third kappa shape index (κ3) is 7.43. The van der Waals surface area contributed by atoms with E-state index in [1.165, 1.54) is 32.4 Å². The molecule has 0 radical (unpaired) electrons. The summed E-state index contributed by atoms with van der Waals surface area (Å²) >= 11 is 0. The Balaban J connectivity index is 2.14. The minimum Gasteiger partial charge on any atom is -0.468 e. The highest BCUT2D eigenvalue weighted by Crippen LogP contribution is 2.20. The number of carbonyl (C=O) groups excluding carboxylic acids is 2. The molecule has 1 N–H and O–H groups in total. The molecule has 0 aliphatic heterocycles. The fourth-order valence-corrected chi connectivity index (χ4v) is 2.68. The lowest BCUT2D eigenvalue weighted by Gasteiger charge is -2.19. The average Bonchev–Trinajstić information content (AvgIpc) is 2.65. The summed E-state index contributed by atoms with van der Waals surface area (Å²) in [7, 11) is 1.45. The van der Waals surface area contributed by atoms with Gasteiger partial charge in [-0.15, -0.1) is 0 Å². The third-order valence-corrected chi connectivity index (χ3v) is 3.88. The topological polar surface area (TPSA) is 90.4 Å². The molecule has 0 spiro atoms. The number of halogens is 3. The second kappa shape index (κ2) is 10.1. The summed E-state index contributed by atoms with van der Waals surface area (Å²) in [5.41, 5.74) is 1.94. The van der Waals surface area contributed by atoms with Crippen LogP contribution in [0.15, 0.2) is 30.5 Å². The second-order valence-corrected chi connectivity index (χ2v) is 6.68. The molecule has 0 saturated carbocycles. The van der Waals surface area contributed by atoms with Gasteiger partial charge in [0.25, 0.3) is 5.91 Å². The predicted molar refractivity (Wildman–Crippen MR) is 101 cm³/mol. The van der Waals surface area contributed by atoms with Crippen molar-refractivity contribution < 1.29 is 32.2 Å². The largest absolute Gasteiger partial charge is 0.468 e. The van der Waals surface area contributed by atoms with Gasteiger partial charge in [-0.2, -0.15) is 13.2 Å². The smallest absolute Gasteiger partial charge is 0.422 e. The highest BCUT2D eigenvalue weighted by molar-refractivity contribution is 5.95. The average molecular weight is 425 g/mol. The van der Waals surface area contributed by atoms with Crippen molar-refractivity contribution in [2.45, 2.75) is 32.5 Å². The van der Waals surface area contributed by atoms with E-state index in [0.29, 0.717) is 22.5 Å². The van der Waals surface area contributed by atoms with Crippen LogP contribution in [0.4, 0.5) is 13.2 Å². The molecule has 2 rings (SSSR count). The minimum absolute atomic E-state index is 0.0735. The Morgan fingerprint density at radius 1 is 1.23 bits per heavy atom. The van der Waals surface area contributed by atoms with Gasteiger partial charge in [0.05, 0.1) is 12.6 Å². The summed E-state index contributed by atoms with van der Waals surface area (Å²) < 4.78 is 46.4. The molecule has 0 bridgehead atoms. The number of aryl methyl sites for hydroxylation is 1. The van der Waals surface area contributed by atoms with E-state index in [1.54, 1.807) is 19.1 Å². The fraction of sp³-hybridized carbons (Fsp3) is 0.400. The summed E-state index contributed by atoms with van der Waals surface area (Å²) in [4.78, 5) is 32.2. The molecule has 0 aliphatic rings. The van der Waals surface area contributed by atoms with Crippen LogP contribution in [0.3, 0.4) is 0 Å². The highest BCUT2D eigenvalue weighted by atomic mass is 19.4. The molecule has 0 aliphatic carbocycles. The number of Topliss-reactive ketones (excluding diaryl/α,β-unsaturated/α-hetero) is 1. The van der Waals surface area contributed by atoms with Crippen LogP contribution in [-0.2, 0) is 16.0 Å². The lowest BCUT2D eigenvalue weighted by atomic mass is 10.1. The standard InChI is InChI=1S/C20H22F3N3O4/c1-12-6-15(8-16(25-12)7-13(2)27)19(28)26-17(10-29-3)14-4-5-18(24-9-14)30-11-20(21,22)23/h4-6,8-9,17H,7,10-11H2,1-3H3,(H,26,28). The van der Waals surface area contributed by atoms with E-state index in [-0.39, 0.29) is 24.7 Å². The van der Waals surface area contributed by atoms with Crippen LogP contribution in [0.2, 0.25) is 0 Å². The predicted octanol–water partition coefficient (Wildman–Crippen LogP) is 2.98. The van der Waals surface area contributed by atoms with Gasteiger partial charge < -0.3 is 14.8 Å². The van der Waals surface area contributed by atoms with Gasteiger partial charge in [0, 0.05) is 42.7 Å². The zero-order valence-corrected chi connectivity index (χ0v) is 16.7. The molecule has 2 aromatic heterocycles. The van der Waals surface area contributed by atoms with Gasteiger partial charge >= 0.3 is 6.18 Å². The van der Waals surface area contributed by atoms with Gasteiger partial charge in [0.1, 0.15) is 5.78 Å². The number of pyridine rings is 2. The molecule has 7 nitrogen and oxygen atoms in total. The Bertz CT molecular complexity index is 886. The number of alkyl halides is 3. The first-order valence-corrected chi connectivity index (χ1v) is 8.99. The summed E-state index contributed by atoms with van der Waals surface area (Å²) in [6.07, 6.45) is -3.03. The quantitative estimate of drug-likeness (QED) is 0.664. The van der Waals surface area contributed by atoms with Gasteiger partial charge in [-0.3, -0.25) is 14.6 Å². The van der Waals surface area contributed by atoms with E-state index >= 15 is 0 Å². The van der Waals surface area contributed by atoms with E-state index in [9.17, 15) is 22.8 Å². The first-order chi connectivity index (χ1) is 14.1. The normalized spacial score (nSPS) is 12.3. The van der Waals surface area contributed by atoms with Crippen LogP contribution in [-0.4, -0.2) is 48.2 Å². The highest BCUT2D eigenvalue weighted by Gasteiger charge is 2.28. The number of rotatable bonds is 9. The van der Waals surface area contributed by atoms with E-state index < -0.39 is 24.7 Å². The van der Waals surface area contributed by atoms with Crippen LogP contribution in [0, 0.1) is 6.92 Å². The van der Waals surface area contributed by atoms with Crippen LogP contribution < -0.4 is 10.1 Å². The summed E-state index contributed by atoms with van der Waals surface area (Å²) in [6.45, 7) is 1.83. The Kier molecular flexibility index (Phi) is 7.87. The van der Waals surface area contributed by atoms with Crippen LogP contribution >= 0.6 is 0 Å². The number of amides is 1. The molecule has 0 aromatic carbocycles. The van der Waals surface area contributed by atoms with Crippen LogP contribution in [0.25, 0.3) is 0 Å². The first kappa shape index (κ1) is 23.3. The molecule has 1 amide bonds. The van der Waals surface area contributed by atoms with Crippen molar-refractivity contribution in [3.63, 3.8) is 0 Å². The maximum atomic E-state index is 12.7. The summed E-state index contributed by atoms with van der Waals surface area (Å²) in [5.74, 6) is -0.669. The van der Waals surface area contributed by atoms with Gasteiger partial charge in [-0.05, 0) is 37.6 Å². The van der Waals surface area contributed by atoms with Gasteiger partial charge in [0.15, 0.2) is 6.61 Å². The second-order valence-electron chi connectivity index (χ2n) is 6.68.